The number of likely N-dealkylation sites (tertiary alicyclic amines) is 1. The zero-order chi connectivity index (χ0) is 15.3. The first-order valence-corrected chi connectivity index (χ1v) is 8.20. The van der Waals surface area contributed by atoms with Crippen molar-refractivity contribution in [2.75, 3.05) is 19.7 Å². The molecular weight excluding hydrogens is 334 g/mol. The summed E-state index contributed by atoms with van der Waals surface area (Å²) in [5, 5.41) is 10.0. The lowest BCUT2D eigenvalue weighted by atomic mass is 9.89. The highest BCUT2D eigenvalue weighted by atomic mass is 79.9. The lowest BCUT2D eigenvalue weighted by Gasteiger charge is -2.46. The van der Waals surface area contributed by atoms with Crippen molar-refractivity contribution < 1.29 is 14.6 Å². The molecule has 2 rings (SSSR count). The first-order chi connectivity index (χ1) is 10.0. The molecule has 1 amide bonds. The molecular formula is C16H22BrNO3. The molecule has 0 unspecified atom stereocenters. The summed E-state index contributed by atoms with van der Waals surface area (Å²) in [6.45, 7) is 3.53. The molecule has 1 aliphatic rings. The summed E-state index contributed by atoms with van der Waals surface area (Å²) in [6.07, 6.45) is 2.87. The van der Waals surface area contributed by atoms with Crippen LogP contribution in [0.2, 0.25) is 0 Å². The van der Waals surface area contributed by atoms with Gasteiger partial charge in [0.25, 0.3) is 0 Å². The Bertz CT molecular complexity index is 469. The zero-order valence-electron chi connectivity index (χ0n) is 12.3. The molecule has 1 N–H and O–H groups in total. The van der Waals surface area contributed by atoms with Gasteiger partial charge in [-0.3, -0.25) is 4.79 Å². The van der Waals surface area contributed by atoms with Gasteiger partial charge in [0.2, 0.25) is 5.91 Å². The fourth-order valence-corrected chi connectivity index (χ4v) is 2.83. The first kappa shape index (κ1) is 16.3. The molecule has 0 saturated carbocycles. The van der Waals surface area contributed by atoms with Crippen molar-refractivity contribution in [2.24, 2.45) is 0 Å². The molecule has 0 bridgehead atoms. The number of amides is 1. The zero-order valence-corrected chi connectivity index (χ0v) is 13.9. The molecule has 1 saturated heterocycles. The van der Waals surface area contributed by atoms with Crippen LogP contribution in [0.4, 0.5) is 0 Å². The third-order valence-corrected chi connectivity index (χ3v) is 4.18. The monoisotopic (exact) mass is 355 g/mol. The van der Waals surface area contributed by atoms with E-state index in [-0.39, 0.29) is 5.91 Å². The van der Waals surface area contributed by atoms with Crippen LogP contribution < -0.4 is 4.74 Å². The van der Waals surface area contributed by atoms with Crippen LogP contribution in [0.3, 0.4) is 0 Å². The number of aliphatic hydroxyl groups is 1. The number of hydrogen-bond donors (Lipinski definition) is 1. The van der Waals surface area contributed by atoms with E-state index in [1.807, 2.05) is 31.2 Å². The summed E-state index contributed by atoms with van der Waals surface area (Å²) in [4.78, 5) is 13.7. The van der Waals surface area contributed by atoms with Crippen molar-refractivity contribution in [2.45, 2.75) is 38.2 Å². The Morgan fingerprint density at radius 3 is 2.67 bits per heavy atom. The van der Waals surface area contributed by atoms with Crippen LogP contribution in [0.5, 0.6) is 5.75 Å². The number of benzene rings is 1. The molecule has 1 fully saturated rings. The van der Waals surface area contributed by atoms with Gasteiger partial charge in [-0.25, -0.2) is 0 Å². The fourth-order valence-electron chi connectivity index (χ4n) is 2.57. The summed E-state index contributed by atoms with van der Waals surface area (Å²) in [5.41, 5.74) is -0.641. The molecule has 0 aliphatic carbocycles. The van der Waals surface area contributed by atoms with Crippen LogP contribution >= 0.6 is 15.9 Å². The number of nitrogens with zero attached hydrogens (tertiary/aromatic N) is 1. The van der Waals surface area contributed by atoms with Gasteiger partial charge in [-0.05, 0) is 37.1 Å². The van der Waals surface area contributed by atoms with Crippen molar-refractivity contribution in [3.63, 3.8) is 0 Å². The van der Waals surface area contributed by atoms with Gasteiger partial charge in [0.1, 0.15) is 5.75 Å². The maximum Gasteiger partial charge on any atom is 0.222 e. The summed E-state index contributed by atoms with van der Waals surface area (Å²) >= 11 is 3.37. The first-order valence-electron chi connectivity index (χ1n) is 7.41. The molecule has 1 heterocycles. The smallest absolute Gasteiger partial charge is 0.222 e. The van der Waals surface area contributed by atoms with Crippen LogP contribution in [-0.2, 0) is 4.79 Å². The predicted molar refractivity (Wildman–Crippen MR) is 85.3 cm³/mol. The molecule has 0 spiro atoms. The van der Waals surface area contributed by atoms with E-state index < -0.39 is 5.60 Å². The Balaban J connectivity index is 1.61. The van der Waals surface area contributed by atoms with Gasteiger partial charge in [-0.1, -0.05) is 29.3 Å². The van der Waals surface area contributed by atoms with Crippen molar-refractivity contribution in [3.8, 4) is 5.75 Å². The lowest BCUT2D eigenvalue weighted by molar-refractivity contribution is -0.156. The lowest BCUT2D eigenvalue weighted by Crippen LogP contribution is -2.63. The van der Waals surface area contributed by atoms with E-state index in [4.69, 9.17) is 4.74 Å². The standard InChI is InChI=1S/C16H22BrNO3/c1-2-9-16(20)11-18(12-16)15(19)4-3-10-21-14-7-5-13(17)6-8-14/h5-8,20H,2-4,9-12H2,1H3. The molecule has 116 valence electrons. The number of hydrogen-bond acceptors (Lipinski definition) is 3. The minimum atomic E-state index is -0.641. The Morgan fingerprint density at radius 1 is 1.38 bits per heavy atom. The van der Waals surface area contributed by atoms with Gasteiger partial charge in [0, 0.05) is 10.9 Å². The van der Waals surface area contributed by atoms with Gasteiger partial charge >= 0.3 is 0 Å². The van der Waals surface area contributed by atoms with Crippen molar-refractivity contribution in [1.29, 1.82) is 0 Å². The van der Waals surface area contributed by atoms with E-state index in [1.165, 1.54) is 0 Å². The average molecular weight is 356 g/mol. The number of carbonyl (C=O) groups excluding carboxylic acids is 1. The highest BCUT2D eigenvalue weighted by molar-refractivity contribution is 9.10. The van der Waals surface area contributed by atoms with Crippen LogP contribution in [0, 0.1) is 0 Å². The molecule has 1 aromatic rings. The molecule has 0 radical (unpaired) electrons. The largest absolute Gasteiger partial charge is 0.494 e. The number of rotatable bonds is 7. The van der Waals surface area contributed by atoms with Crippen LogP contribution in [0.25, 0.3) is 0 Å². The van der Waals surface area contributed by atoms with Gasteiger partial charge in [-0.2, -0.15) is 0 Å². The Hall–Kier alpha value is -1.07. The second kappa shape index (κ2) is 7.27. The van der Waals surface area contributed by atoms with E-state index in [0.717, 1.165) is 23.1 Å². The molecule has 5 heteroatoms. The van der Waals surface area contributed by atoms with E-state index in [9.17, 15) is 9.90 Å². The molecule has 4 nitrogen and oxygen atoms in total. The molecule has 0 aromatic heterocycles. The molecule has 21 heavy (non-hydrogen) atoms. The van der Waals surface area contributed by atoms with Crippen LogP contribution in [0.15, 0.2) is 28.7 Å². The fraction of sp³-hybridized carbons (Fsp3) is 0.562. The number of β-amino-alcohol motifs (C(OH)–C–C–N with tert-alkyl or cyclic N) is 1. The SMILES string of the molecule is CCCC1(O)CN(C(=O)CCCOc2ccc(Br)cc2)C1. The van der Waals surface area contributed by atoms with Gasteiger partial charge in [0.15, 0.2) is 0 Å². The molecule has 0 atom stereocenters. The van der Waals surface area contributed by atoms with Gasteiger partial charge < -0.3 is 14.7 Å². The second-order valence-electron chi connectivity index (χ2n) is 5.63. The van der Waals surface area contributed by atoms with E-state index in [0.29, 0.717) is 32.5 Å². The summed E-state index contributed by atoms with van der Waals surface area (Å²) in [7, 11) is 0. The summed E-state index contributed by atoms with van der Waals surface area (Å²) in [5.74, 6) is 0.919. The third kappa shape index (κ3) is 4.71. The maximum absolute atomic E-state index is 11.9. The van der Waals surface area contributed by atoms with Gasteiger partial charge in [-0.15, -0.1) is 0 Å². The average Bonchev–Trinajstić information content (AvgIpc) is 2.43. The third-order valence-electron chi connectivity index (χ3n) is 3.66. The second-order valence-corrected chi connectivity index (χ2v) is 6.55. The Morgan fingerprint density at radius 2 is 2.05 bits per heavy atom. The highest BCUT2D eigenvalue weighted by Gasteiger charge is 2.42. The normalized spacial score (nSPS) is 16.4. The summed E-state index contributed by atoms with van der Waals surface area (Å²) < 4.78 is 6.60. The number of carbonyl (C=O) groups is 1. The topological polar surface area (TPSA) is 49.8 Å². The Kier molecular flexibility index (Phi) is 5.65. The van der Waals surface area contributed by atoms with Crippen molar-refractivity contribution >= 4 is 21.8 Å². The van der Waals surface area contributed by atoms with Gasteiger partial charge in [0.05, 0.1) is 25.3 Å². The molecule has 1 aliphatic heterocycles. The minimum absolute atomic E-state index is 0.107. The quantitative estimate of drug-likeness (QED) is 0.765. The minimum Gasteiger partial charge on any atom is -0.494 e. The predicted octanol–water partition coefficient (Wildman–Crippen LogP) is 2.98. The van der Waals surface area contributed by atoms with E-state index >= 15 is 0 Å². The number of ether oxygens (including phenoxy) is 1. The van der Waals surface area contributed by atoms with Crippen molar-refractivity contribution in [3.05, 3.63) is 28.7 Å². The van der Waals surface area contributed by atoms with E-state index in [2.05, 4.69) is 15.9 Å². The van der Waals surface area contributed by atoms with Crippen molar-refractivity contribution in [1.82, 2.24) is 4.90 Å². The number of halogens is 1. The van der Waals surface area contributed by atoms with E-state index in [1.54, 1.807) is 4.90 Å². The van der Waals surface area contributed by atoms with Crippen LogP contribution in [-0.4, -0.2) is 41.2 Å². The maximum atomic E-state index is 11.9. The highest BCUT2D eigenvalue weighted by Crippen LogP contribution is 2.26. The Labute approximate surface area is 134 Å². The van der Waals surface area contributed by atoms with Crippen LogP contribution in [0.1, 0.15) is 32.6 Å². The molecule has 1 aromatic carbocycles. The summed E-state index contributed by atoms with van der Waals surface area (Å²) in [6, 6.07) is 7.64.